The summed E-state index contributed by atoms with van der Waals surface area (Å²) in [5, 5.41) is 15.0. The van der Waals surface area contributed by atoms with Crippen LogP contribution in [0.5, 0.6) is 0 Å². The van der Waals surface area contributed by atoms with Gasteiger partial charge in [0.25, 0.3) is 0 Å². The Kier molecular flexibility index (Phi) is 8.19. The fourth-order valence-electron chi connectivity index (χ4n) is 3.15. The van der Waals surface area contributed by atoms with Crippen molar-refractivity contribution in [2.75, 3.05) is 19.6 Å². The number of nitrogens with zero attached hydrogens (tertiary/aromatic N) is 1. The van der Waals surface area contributed by atoms with Gasteiger partial charge in [-0.15, -0.1) is 0 Å². The molecule has 0 aromatic rings. The molecular formula is C18H33N3O4. The number of hydrogen-bond donors (Lipinski definition) is 3. The molecule has 7 nitrogen and oxygen atoms in total. The van der Waals surface area contributed by atoms with Gasteiger partial charge in [0.2, 0.25) is 5.91 Å². The second-order valence-corrected chi connectivity index (χ2v) is 7.41. The Labute approximate surface area is 150 Å². The van der Waals surface area contributed by atoms with Crippen LogP contribution in [-0.2, 0) is 9.59 Å². The normalized spacial score (nSPS) is 18.1. The number of piperidine rings is 1. The van der Waals surface area contributed by atoms with E-state index in [9.17, 15) is 14.4 Å². The second kappa shape index (κ2) is 9.63. The number of aliphatic carboxylic acids is 1. The average molecular weight is 355 g/mol. The number of nitrogens with one attached hydrogen (secondary N) is 2. The first kappa shape index (κ1) is 21.3. The Morgan fingerprint density at radius 2 is 1.88 bits per heavy atom. The highest BCUT2D eigenvalue weighted by atomic mass is 16.4. The molecule has 1 saturated heterocycles. The molecule has 0 saturated carbocycles. The smallest absolute Gasteiger partial charge is 0.317 e. The molecule has 7 heteroatoms. The molecule has 1 rings (SSSR count). The molecule has 0 aliphatic carbocycles. The van der Waals surface area contributed by atoms with E-state index in [-0.39, 0.29) is 24.3 Å². The van der Waals surface area contributed by atoms with Gasteiger partial charge < -0.3 is 20.6 Å². The molecular weight excluding hydrogens is 322 g/mol. The van der Waals surface area contributed by atoms with Crippen LogP contribution < -0.4 is 10.6 Å². The van der Waals surface area contributed by atoms with Gasteiger partial charge in [-0.25, -0.2) is 4.79 Å². The zero-order valence-electron chi connectivity index (χ0n) is 15.9. The van der Waals surface area contributed by atoms with Gasteiger partial charge in [-0.3, -0.25) is 9.59 Å². The van der Waals surface area contributed by atoms with E-state index >= 15 is 0 Å². The first-order valence-corrected chi connectivity index (χ1v) is 9.29. The van der Waals surface area contributed by atoms with E-state index in [0.29, 0.717) is 38.4 Å². The maximum Gasteiger partial charge on any atom is 0.317 e. The molecule has 0 radical (unpaired) electrons. The standard InChI is InChI=1S/C18H33N3O4/c1-5-18(6-2,10-15(22)23)20-16(24)14-8-7-9-21(12-14)17(25)19-11-13(3)4/h13-14H,5-12H2,1-4H3,(H,19,25)(H,20,24)(H,22,23). The van der Waals surface area contributed by atoms with Gasteiger partial charge in [0, 0.05) is 25.2 Å². The lowest BCUT2D eigenvalue weighted by Crippen LogP contribution is -2.54. The maximum atomic E-state index is 12.7. The van der Waals surface area contributed by atoms with E-state index in [0.717, 1.165) is 12.8 Å². The van der Waals surface area contributed by atoms with Crippen LogP contribution in [0.2, 0.25) is 0 Å². The monoisotopic (exact) mass is 355 g/mol. The predicted octanol–water partition coefficient (Wildman–Crippen LogP) is 2.21. The molecule has 1 fully saturated rings. The maximum absolute atomic E-state index is 12.7. The Bertz CT molecular complexity index is 475. The Morgan fingerprint density at radius 1 is 1.24 bits per heavy atom. The minimum absolute atomic E-state index is 0.0863. The Morgan fingerprint density at radius 3 is 2.40 bits per heavy atom. The number of carbonyl (C=O) groups excluding carboxylic acids is 2. The first-order valence-electron chi connectivity index (χ1n) is 9.29. The van der Waals surface area contributed by atoms with Crippen LogP contribution in [0.4, 0.5) is 4.79 Å². The van der Waals surface area contributed by atoms with Gasteiger partial charge in [-0.05, 0) is 31.6 Å². The van der Waals surface area contributed by atoms with Gasteiger partial charge in [0.15, 0.2) is 0 Å². The number of amides is 3. The molecule has 0 spiro atoms. The minimum Gasteiger partial charge on any atom is -0.481 e. The number of likely N-dealkylation sites (tertiary alicyclic amines) is 1. The van der Waals surface area contributed by atoms with Crippen LogP contribution in [0.25, 0.3) is 0 Å². The van der Waals surface area contributed by atoms with Crippen molar-refractivity contribution < 1.29 is 19.5 Å². The summed E-state index contributed by atoms with van der Waals surface area (Å²) in [4.78, 5) is 37.7. The van der Waals surface area contributed by atoms with Gasteiger partial charge in [0.05, 0.1) is 12.3 Å². The van der Waals surface area contributed by atoms with Crippen molar-refractivity contribution in [2.24, 2.45) is 11.8 Å². The number of rotatable bonds is 8. The summed E-state index contributed by atoms with van der Waals surface area (Å²) < 4.78 is 0. The summed E-state index contributed by atoms with van der Waals surface area (Å²) in [5.41, 5.74) is -0.717. The third-order valence-electron chi connectivity index (χ3n) is 4.97. The van der Waals surface area contributed by atoms with E-state index in [1.807, 2.05) is 27.7 Å². The molecule has 25 heavy (non-hydrogen) atoms. The molecule has 0 aromatic carbocycles. The number of carboxylic acids is 1. The number of urea groups is 1. The summed E-state index contributed by atoms with van der Waals surface area (Å²) in [7, 11) is 0. The van der Waals surface area contributed by atoms with Crippen LogP contribution >= 0.6 is 0 Å². The van der Waals surface area contributed by atoms with E-state index in [1.165, 1.54) is 0 Å². The van der Waals surface area contributed by atoms with Gasteiger partial charge in [0.1, 0.15) is 0 Å². The van der Waals surface area contributed by atoms with Crippen molar-refractivity contribution in [1.29, 1.82) is 0 Å². The number of carboxylic acid groups (broad SMARTS) is 1. The summed E-state index contributed by atoms with van der Waals surface area (Å²) in [6, 6.07) is -0.131. The van der Waals surface area contributed by atoms with E-state index in [2.05, 4.69) is 10.6 Å². The fourth-order valence-corrected chi connectivity index (χ4v) is 3.15. The van der Waals surface area contributed by atoms with Crippen molar-refractivity contribution in [3.05, 3.63) is 0 Å². The van der Waals surface area contributed by atoms with Gasteiger partial charge in [-0.2, -0.15) is 0 Å². The third kappa shape index (κ3) is 6.55. The van der Waals surface area contributed by atoms with E-state index in [1.54, 1.807) is 4.90 Å². The van der Waals surface area contributed by atoms with Crippen LogP contribution in [0.3, 0.4) is 0 Å². The van der Waals surface area contributed by atoms with Gasteiger partial charge >= 0.3 is 12.0 Å². The van der Waals surface area contributed by atoms with Crippen LogP contribution in [0, 0.1) is 11.8 Å². The summed E-state index contributed by atoms with van der Waals surface area (Å²) >= 11 is 0. The fraction of sp³-hybridized carbons (Fsp3) is 0.833. The first-order chi connectivity index (χ1) is 11.7. The molecule has 1 atom stereocenters. The van der Waals surface area contributed by atoms with E-state index in [4.69, 9.17) is 5.11 Å². The summed E-state index contributed by atoms with van der Waals surface area (Å²) in [5.74, 6) is -0.975. The summed E-state index contributed by atoms with van der Waals surface area (Å²) in [6.07, 6.45) is 2.53. The van der Waals surface area contributed by atoms with Crippen LogP contribution in [0.1, 0.15) is 59.8 Å². The van der Waals surface area contributed by atoms with Crippen molar-refractivity contribution in [2.45, 2.75) is 65.3 Å². The van der Waals surface area contributed by atoms with Crippen molar-refractivity contribution >= 4 is 17.9 Å². The lowest BCUT2D eigenvalue weighted by atomic mass is 9.87. The molecule has 144 valence electrons. The lowest BCUT2D eigenvalue weighted by Gasteiger charge is -2.36. The molecule has 0 aromatic heterocycles. The van der Waals surface area contributed by atoms with E-state index < -0.39 is 11.5 Å². The van der Waals surface area contributed by atoms with Crippen LogP contribution in [-0.4, -0.2) is 53.1 Å². The SMILES string of the molecule is CCC(CC)(CC(=O)O)NC(=O)C1CCCN(C(=O)NCC(C)C)C1. The molecule has 1 heterocycles. The highest BCUT2D eigenvalue weighted by Gasteiger charge is 2.35. The Hall–Kier alpha value is -1.79. The molecule has 1 unspecified atom stereocenters. The van der Waals surface area contributed by atoms with Crippen molar-refractivity contribution in [1.82, 2.24) is 15.5 Å². The van der Waals surface area contributed by atoms with Crippen molar-refractivity contribution in [3.8, 4) is 0 Å². The van der Waals surface area contributed by atoms with Gasteiger partial charge in [-0.1, -0.05) is 27.7 Å². The third-order valence-corrected chi connectivity index (χ3v) is 4.97. The molecule has 3 N–H and O–H groups in total. The zero-order valence-corrected chi connectivity index (χ0v) is 15.9. The number of carbonyl (C=O) groups is 3. The molecule has 1 aliphatic rings. The lowest BCUT2D eigenvalue weighted by molar-refractivity contribution is -0.139. The minimum atomic E-state index is -0.915. The summed E-state index contributed by atoms with van der Waals surface area (Å²) in [6.45, 7) is 9.48. The Balaban J connectivity index is 2.68. The largest absolute Gasteiger partial charge is 0.481 e. The second-order valence-electron chi connectivity index (χ2n) is 7.41. The highest BCUT2D eigenvalue weighted by Crippen LogP contribution is 2.23. The van der Waals surface area contributed by atoms with Crippen LogP contribution in [0.15, 0.2) is 0 Å². The molecule has 0 bridgehead atoms. The topological polar surface area (TPSA) is 98.7 Å². The zero-order chi connectivity index (χ0) is 19.0. The average Bonchev–Trinajstić information content (AvgIpc) is 2.58. The quantitative estimate of drug-likeness (QED) is 0.622. The molecule has 1 aliphatic heterocycles. The highest BCUT2D eigenvalue weighted by molar-refractivity contribution is 5.82. The number of hydrogen-bond acceptors (Lipinski definition) is 3. The molecule has 3 amide bonds. The van der Waals surface area contributed by atoms with Crippen molar-refractivity contribution in [3.63, 3.8) is 0 Å². The predicted molar refractivity (Wildman–Crippen MR) is 96.2 cm³/mol.